The lowest BCUT2D eigenvalue weighted by molar-refractivity contribution is -0.143. The smallest absolute Gasteiger partial charge is 0.330 e. The fraction of sp³-hybridized carbons (Fsp3) is 0.259. The third-order valence-electron chi connectivity index (χ3n) is 5.93. The molecule has 0 heterocycles. The molecule has 0 spiro atoms. The number of carbonyl (C=O) groups is 2. The molecule has 0 aliphatic heterocycles. The van der Waals surface area contributed by atoms with E-state index in [2.05, 4.69) is 14.8 Å². The van der Waals surface area contributed by atoms with Gasteiger partial charge >= 0.3 is 5.97 Å². The van der Waals surface area contributed by atoms with Crippen molar-refractivity contribution in [2.24, 2.45) is 0 Å². The second kappa shape index (κ2) is 11.3. The highest BCUT2D eigenvalue weighted by atomic mass is 35.5. The van der Waals surface area contributed by atoms with E-state index in [1.165, 1.54) is 7.11 Å². The number of aryl methyl sites for hydroxylation is 4. The Morgan fingerprint density at radius 1 is 0.946 bits per heavy atom. The van der Waals surface area contributed by atoms with Gasteiger partial charge in [0.15, 0.2) is 6.04 Å². The molecule has 3 aromatic rings. The topological polar surface area (TPSA) is 122 Å². The SMILES string of the molecule is COC(=O)[C@@H](CO)NC(=O)c1c(C)cc(-c2cccc(NS(=O)(=O)c3cc(C)c(Cl)cc3C)c2)cc1C. The van der Waals surface area contributed by atoms with Crippen molar-refractivity contribution < 1.29 is 27.9 Å². The van der Waals surface area contributed by atoms with Crippen LogP contribution in [0.2, 0.25) is 5.02 Å². The van der Waals surface area contributed by atoms with Gasteiger partial charge in [0.2, 0.25) is 0 Å². The van der Waals surface area contributed by atoms with E-state index in [0.717, 1.165) is 11.1 Å². The fourth-order valence-corrected chi connectivity index (χ4v) is 5.64. The Morgan fingerprint density at radius 2 is 1.59 bits per heavy atom. The molecule has 0 bridgehead atoms. The van der Waals surface area contributed by atoms with Crippen molar-refractivity contribution in [2.75, 3.05) is 18.4 Å². The number of nitrogens with one attached hydrogen (secondary N) is 2. The number of benzene rings is 3. The van der Waals surface area contributed by atoms with E-state index in [9.17, 15) is 23.1 Å². The number of hydrogen-bond donors (Lipinski definition) is 3. The number of esters is 1. The summed E-state index contributed by atoms with van der Waals surface area (Å²) >= 11 is 6.12. The lowest BCUT2D eigenvalue weighted by Crippen LogP contribution is -2.44. The average Bonchev–Trinajstić information content (AvgIpc) is 2.83. The number of aliphatic hydroxyl groups excluding tert-OH is 1. The predicted octanol–water partition coefficient (Wildman–Crippen LogP) is 4.31. The Morgan fingerprint density at radius 3 is 2.19 bits per heavy atom. The minimum atomic E-state index is -3.86. The van der Waals surface area contributed by atoms with Crippen LogP contribution in [0.4, 0.5) is 5.69 Å². The van der Waals surface area contributed by atoms with E-state index < -0.39 is 34.5 Å². The molecule has 3 rings (SSSR count). The zero-order valence-electron chi connectivity index (χ0n) is 21.2. The van der Waals surface area contributed by atoms with Crippen LogP contribution in [0.5, 0.6) is 0 Å². The first-order valence-corrected chi connectivity index (χ1v) is 13.2. The molecular formula is C27H29ClN2O6S. The van der Waals surface area contributed by atoms with Crippen molar-refractivity contribution in [3.8, 4) is 11.1 Å². The Labute approximate surface area is 221 Å². The molecule has 0 saturated carbocycles. The molecular weight excluding hydrogens is 516 g/mol. The third-order valence-corrected chi connectivity index (χ3v) is 7.86. The first-order chi connectivity index (χ1) is 17.4. The van der Waals surface area contributed by atoms with Crippen LogP contribution in [0.15, 0.2) is 53.4 Å². The molecule has 0 unspecified atom stereocenters. The van der Waals surface area contributed by atoms with E-state index in [0.29, 0.717) is 38.5 Å². The van der Waals surface area contributed by atoms with Gasteiger partial charge in [-0.25, -0.2) is 13.2 Å². The van der Waals surface area contributed by atoms with Gasteiger partial charge in [0.25, 0.3) is 15.9 Å². The van der Waals surface area contributed by atoms with Gasteiger partial charge in [-0.05, 0) is 85.3 Å². The molecule has 3 aromatic carbocycles. The number of amides is 1. The van der Waals surface area contributed by atoms with Crippen molar-refractivity contribution >= 4 is 39.2 Å². The van der Waals surface area contributed by atoms with Crippen LogP contribution in [0.3, 0.4) is 0 Å². The lowest BCUT2D eigenvalue weighted by Gasteiger charge is -2.17. The van der Waals surface area contributed by atoms with Gasteiger partial charge in [0.05, 0.1) is 18.6 Å². The number of rotatable bonds is 8. The van der Waals surface area contributed by atoms with Gasteiger partial charge in [-0.15, -0.1) is 0 Å². The summed E-state index contributed by atoms with van der Waals surface area (Å²) in [5.41, 5.74) is 4.76. The number of halogens is 1. The van der Waals surface area contributed by atoms with Crippen molar-refractivity contribution in [1.29, 1.82) is 0 Å². The molecule has 1 atom stereocenters. The average molecular weight is 545 g/mol. The molecule has 10 heteroatoms. The van der Waals surface area contributed by atoms with E-state index in [1.54, 1.807) is 70.2 Å². The fourth-order valence-electron chi connectivity index (χ4n) is 4.06. The van der Waals surface area contributed by atoms with E-state index in [1.807, 2.05) is 6.07 Å². The maximum Gasteiger partial charge on any atom is 0.330 e. The van der Waals surface area contributed by atoms with Crippen molar-refractivity contribution in [2.45, 2.75) is 38.6 Å². The monoisotopic (exact) mass is 544 g/mol. The number of hydrogen-bond acceptors (Lipinski definition) is 6. The number of aliphatic hydroxyl groups is 1. The second-order valence-electron chi connectivity index (χ2n) is 8.77. The number of carbonyl (C=O) groups excluding carboxylic acids is 2. The molecule has 0 aromatic heterocycles. The van der Waals surface area contributed by atoms with Crippen LogP contribution in [0.25, 0.3) is 11.1 Å². The van der Waals surface area contributed by atoms with Gasteiger partial charge in [-0.1, -0.05) is 35.9 Å². The Balaban J connectivity index is 1.90. The van der Waals surface area contributed by atoms with Crippen LogP contribution in [0.1, 0.15) is 32.6 Å². The van der Waals surface area contributed by atoms with Gasteiger partial charge in [-0.2, -0.15) is 0 Å². The van der Waals surface area contributed by atoms with Crippen LogP contribution >= 0.6 is 11.6 Å². The normalized spacial score (nSPS) is 12.1. The van der Waals surface area contributed by atoms with Crippen molar-refractivity contribution in [3.63, 3.8) is 0 Å². The summed E-state index contributed by atoms with van der Waals surface area (Å²) in [5, 5.41) is 12.4. The molecule has 0 fully saturated rings. The first kappa shape index (κ1) is 28.2. The standard InChI is InChI=1S/C27H29ClN2O6S/c1-15-12-24(16(2)11-22(15)28)37(34,35)30-21-8-6-7-19(13-21)20-9-17(3)25(18(4)10-20)26(32)29-23(14-31)27(33)36-5/h6-13,23,30-31H,14H2,1-5H3,(H,29,32)/t23-/m1/s1. The Hall–Kier alpha value is -3.40. The molecule has 8 nitrogen and oxygen atoms in total. The molecule has 37 heavy (non-hydrogen) atoms. The molecule has 0 radical (unpaired) electrons. The van der Waals surface area contributed by atoms with Gasteiger partial charge in [-0.3, -0.25) is 9.52 Å². The summed E-state index contributed by atoms with van der Waals surface area (Å²) in [5.74, 6) is -1.26. The Bertz CT molecular complexity index is 1450. The number of anilines is 1. The van der Waals surface area contributed by atoms with Crippen molar-refractivity contribution in [3.05, 3.63) is 81.4 Å². The molecule has 1 amide bonds. The third kappa shape index (κ3) is 6.30. The quantitative estimate of drug-likeness (QED) is 0.363. The summed E-state index contributed by atoms with van der Waals surface area (Å²) in [7, 11) is -2.68. The number of sulfonamides is 1. The molecule has 196 valence electrons. The van der Waals surface area contributed by atoms with Crippen LogP contribution in [0, 0.1) is 27.7 Å². The predicted molar refractivity (Wildman–Crippen MR) is 143 cm³/mol. The number of methoxy groups -OCH3 is 1. The lowest BCUT2D eigenvalue weighted by atomic mass is 9.95. The van der Waals surface area contributed by atoms with E-state index >= 15 is 0 Å². The second-order valence-corrected chi connectivity index (χ2v) is 10.8. The van der Waals surface area contributed by atoms with Crippen LogP contribution in [-0.4, -0.2) is 45.2 Å². The zero-order chi connectivity index (χ0) is 27.5. The first-order valence-electron chi connectivity index (χ1n) is 11.4. The summed E-state index contributed by atoms with van der Waals surface area (Å²) in [6.07, 6.45) is 0. The molecule has 3 N–H and O–H groups in total. The number of ether oxygens (including phenoxy) is 1. The summed E-state index contributed by atoms with van der Waals surface area (Å²) in [4.78, 5) is 24.7. The highest BCUT2D eigenvalue weighted by molar-refractivity contribution is 7.92. The van der Waals surface area contributed by atoms with Crippen molar-refractivity contribution in [1.82, 2.24) is 5.32 Å². The zero-order valence-corrected chi connectivity index (χ0v) is 22.8. The van der Waals surface area contributed by atoms with E-state index in [-0.39, 0.29) is 4.90 Å². The summed E-state index contributed by atoms with van der Waals surface area (Å²) in [6.45, 7) is 6.36. The largest absolute Gasteiger partial charge is 0.467 e. The molecule has 0 aliphatic carbocycles. The highest BCUT2D eigenvalue weighted by Gasteiger charge is 2.23. The minimum absolute atomic E-state index is 0.148. The summed E-state index contributed by atoms with van der Waals surface area (Å²) in [6, 6.07) is 12.5. The van der Waals surface area contributed by atoms with Crippen LogP contribution < -0.4 is 10.0 Å². The maximum atomic E-state index is 13.1. The van der Waals surface area contributed by atoms with Crippen LogP contribution in [-0.2, 0) is 19.6 Å². The minimum Gasteiger partial charge on any atom is -0.467 e. The van der Waals surface area contributed by atoms with Gasteiger partial charge < -0.3 is 15.2 Å². The highest BCUT2D eigenvalue weighted by Crippen LogP contribution is 2.30. The molecule has 0 saturated heterocycles. The van der Waals surface area contributed by atoms with E-state index in [4.69, 9.17) is 11.6 Å². The van der Waals surface area contributed by atoms with Gasteiger partial charge in [0, 0.05) is 16.3 Å². The Kier molecular flexibility index (Phi) is 8.63. The van der Waals surface area contributed by atoms with Gasteiger partial charge in [0.1, 0.15) is 0 Å². The summed E-state index contributed by atoms with van der Waals surface area (Å²) < 4.78 is 33.4. The molecule has 0 aliphatic rings. The maximum absolute atomic E-state index is 13.1.